The third kappa shape index (κ3) is 7.12. The number of rotatable bonds is 8. The van der Waals surface area contributed by atoms with Crippen LogP contribution in [-0.2, 0) is 14.8 Å². The lowest BCUT2D eigenvalue weighted by Crippen LogP contribution is -2.55. The Morgan fingerprint density at radius 2 is 1.82 bits per heavy atom. The molecule has 0 radical (unpaired) electrons. The van der Waals surface area contributed by atoms with Crippen molar-refractivity contribution in [3.63, 3.8) is 0 Å². The minimum atomic E-state index is -3.29. The number of nitrogens with zero attached hydrogens (tertiary/aromatic N) is 8. The molecule has 2 fully saturated rings. The van der Waals surface area contributed by atoms with Crippen LogP contribution in [0.2, 0.25) is 0 Å². The normalized spacial score (nSPS) is 18.4. The highest BCUT2D eigenvalue weighted by Gasteiger charge is 2.34. The Balaban J connectivity index is 1.24. The zero-order valence-electron chi connectivity index (χ0n) is 27.6. The third-order valence-electron chi connectivity index (χ3n) is 9.09. The fraction of sp³-hybridized carbons (Fsp3) is 0.382. The molecule has 15 heteroatoms. The van der Waals surface area contributed by atoms with Crippen LogP contribution in [0.3, 0.4) is 0 Å². The Hall–Kier alpha value is -4.91. The number of fused-ring (bicyclic) bond motifs is 1. The van der Waals surface area contributed by atoms with Crippen molar-refractivity contribution in [1.29, 1.82) is 5.26 Å². The summed E-state index contributed by atoms with van der Waals surface area (Å²) in [6, 6.07) is 15.4. The number of para-hydroxylation sites is 1. The summed E-state index contributed by atoms with van der Waals surface area (Å²) in [6.07, 6.45) is 5.49. The van der Waals surface area contributed by atoms with E-state index in [1.807, 2.05) is 32.0 Å². The van der Waals surface area contributed by atoms with Crippen LogP contribution in [0.1, 0.15) is 32.7 Å². The monoisotopic (exact) mass is 687 g/mol. The molecular weight excluding hydrogens is 649 g/mol. The lowest BCUT2D eigenvalue weighted by Gasteiger charge is -2.42. The largest absolute Gasteiger partial charge is 0.457 e. The Labute approximate surface area is 284 Å². The highest BCUT2D eigenvalue weighted by atomic mass is 32.2. The maximum Gasteiger partial charge on any atom is 0.264 e. The van der Waals surface area contributed by atoms with Gasteiger partial charge in [0, 0.05) is 56.4 Å². The molecule has 4 heterocycles. The molecule has 2 aliphatic heterocycles. The van der Waals surface area contributed by atoms with Crippen molar-refractivity contribution in [2.75, 3.05) is 51.3 Å². The number of sulfonamides is 1. The summed E-state index contributed by atoms with van der Waals surface area (Å²) in [5.41, 5.74) is 6.52. The molecule has 1 atom stereocenters. The standard InChI is InChI=1S/C34H38FN9O4S/c1-34(2,42-14-16-43(17-15-42)49(3,46)47)19-23(20-36)33(45)41-13-7-8-24(21-41)44-32-29(31(37)38-22-39-32)30(40-44)27-12-11-26(18-28(27)35)48-25-9-5-4-6-10-25/h4-6,9-12,18-19,22,24H,7-8,13-17,21H2,1-3H3,(H2,37,38,39)/b23-19+/t24-/m0/s1. The summed E-state index contributed by atoms with van der Waals surface area (Å²) in [5.74, 6) is 0.0772. The molecule has 1 amide bonds. The number of piperidine rings is 1. The predicted molar refractivity (Wildman–Crippen MR) is 182 cm³/mol. The fourth-order valence-corrected chi connectivity index (χ4v) is 7.33. The summed E-state index contributed by atoms with van der Waals surface area (Å²) in [5, 5.41) is 15.3. The van der Waals surface area contributed by atoms with E-state index >= 15 is 4.39 Å². The second kappa shape index (κ2) is 13.5. The van der Waals surface area contributed by atoms with E-state index in [4.69, 9.17) is 15.6 Å². The van der Waals surface area contributed by atoms with E-state index in [-0.39, 0.29) is 35.2 Å². The lowest BCUT2D eigenvalue weighted by atomic mass is 9.97. The van der Waals surface area contributed by atoms with Crippen LogP contribution in [0.25, 0.3) is 22.3 Å². The number of halogens is 1. The zero-order chi connectivity index (χ0) is 34.9. The number of carbonyl (C=O) groups is 1. The molecule has 0 aliphatic carbocycles. The molecule has 0 saturated carbocycles. The molecule has 2 saturated heterocycles. The molecule has 6 rings (SSSR count). The van der Waals surface area contributed by atoms with E-state index in [2.05, 4.69) is 20.9 Å². The molecule has 0 bridgehead atoms. The van der Waals surface area contributed by atoms with Gasteiger partial charge in [-0.05, 0) is 57.0 Å². The first-order valence-electron chi connectivity index (χ1n) is 16.0. The number of piperazine rings is 1. The SMILES string of the molecule is CC(C)(/C=C(\C#N)C(=O)N1CCC[C@H](n2nc(-c3ccc(Oc4ccccc4)cc3F)c3c(N)ncnc32)C1)N1CCN(S(C)(=O)=O)CC1. The van der Waals surface area contributed by atoms with Crippen molar-refractivity contribution in [2.24, 2.45) is 0 Å². The second-order valence-electron chi connectivity index (χ2n) is 12.8. The number of aromatic nitrogens is 4. The smallest absolute Gasteiger partial charge is 0.264 e. The first-order valence-corrected chi connectivity index (χ1v) is 17.8. The van der Waals surface area contributed by atoms with Crippen LogP contribution in [0.5, 0.6) is 11.5 Å². The van der Waals surface area contributed by atoms with Gasteiger partial charge in [-0.15, -0.1) is 0 Å². The summed E-state index contributed by atoms with van der Waals surface area (Å²) in [4.78, 5) is 26.1. The molecule has 2 aromatic heterocycles. The number of carbonyl (C=O) groups excluding carboxylic acids is 1. The number of nitriles is 1. The average Bonchev–Trinajstić information content (AvgIpc) is 3.48. The predicted octanol–water partition coefficient (Wildman–Crippen LogP) is 3.98. The van der Waals surface area contributed by atoms with Crippen molar-refractivity contribution < 1.29 is 22.3 Å². The van der Waals surface area contributed by atoms with Gasteiger partial charge in [0.05, 0.1) is 17.7 Å². The zero-order valence-corrected chi connectivity index (χ0v) is 28.4. The maximum atomic E-state index is 15.7. The van der Waals surface area contributed by atoms with Gasteiger partial charge >= 0.3 is 0 Å². The number of ether oxygens (including phenoxy) is 1. The van der Waals surface area contributed by atoms with Crippen LogP contribution in [0, 0.1) is 17.1 Å². The van der Waals surface area contributed by atoms with Crippen molar-refractivity contribution in [1.82, 2.24) is 33.9 Å². The van der Waals surface area contributed by atoms with E-state index in [0.717, 1.165) is 0 Å². The van der Waals surface area contributed by atoms with Gasteiger partial charge < -0.3 is 15.4 Å². The van der Waals surface area contributed by atoms with Gasteiger partial charge in [-0.3, -0.25) is 9.69 Å². The Morgan fingerprint density at radius 3 is 2.49 bits per heavy atom. The van der Waals surface area contributed by atoms with Gasteiger partial charge in [0.1, 0.15) is 46.8 Å². The fourth-order valence-electron chi connectivity index (χ4n) is 6.51. The van der Waals surface area contributed by atoms with Gasteiger partial charge in [-0.1, -0.05) is 18.2 Å². The molecule has 4 aromatic rings. The molecular formula is C34H38FN9O4S. The van der Waals surface area contributed by atoms with Gasteiger partial charge in [0.15, 0.2) is 5.65 Å². The summed E-state index contributed by atoms with van der Waals surface area (Å²) in [6.45, 7) is 6.13. The van der Waals surface area contributed by atoms with E-state index in [1.54, 1.807) is 39.9 Å². The minimum Gasteiger partial charge on any atom is -0.457 e. The number of hydrogen-bond acceptors (Lipinski definition) is 10. The van der Waals surface area contributed by atoms with Crippen LogP contribution < -0.4 is 10.5 Å². The van der Waals surface area contributed by atoms with Crippen LogP contribution in [0.4, 0.5) is 10.2 Å². The summed E-state index contributed by atoms with van der Waals surface area (Å²) in [7, 11) is -3.29. The van der Waals surface area contributed by atoms with Crippen molar-refractivity contribution >= 4 is 32.8 Å². The topological polar surface area (TPSA) is 164 Å². The molecule has 49 heavy (non-hydrogen) atoms. The number of nitrogens with two attached hydrogens (primary N) is 1. The second-order valence-corrected chi connectivity index (χ2v) is 14.8. The minimum absolute atomic E-state index is 0.00802. The maximum absolute atomic E-state index is 15.7. The van der Waals surface area contributed by atoms with E-state index in [9.17, 15) is 18.5 Å². The van der Waals surface area contributed by atoms with Gasteiger partial charge in [0.2, 0.25) is 10.0 Å². The van der Waals surface area contributed by atoms with Gasteiger partial charge in [-0.2, -0.15) is 14.7 Å². The van der Waals surface area contributed by atoms with Gasteiger partial charge in [-0.25, -0.2) is 27.5 Å². The molecule has 256 valence electrons. The highest BCUT2D eigenvalue weighted by Crippen LogP contribution is 2.36. The third-order valence-corrected chi connectivity index (χ3v) is 10.4. The summed E-state index contributed by atoms with van der Waals surface area (Å²) >= 11 is 0. The quantitative estimate of drug-likeness (QED) is 0.212. The lowest BCUT2D eigenvalue weighted by molar-refractivity contribution is -0.128. The molecule has 0 spiro atoms. The first-order chi connectivity index (χ1) is 23.4. The first kappa shape index (κ1) is 34.0. The van der Waals surface area contributed by atoms with Crippen LogP contribution in [0.15, 0.2) is 66.5 Å². The van der Waals surface area contributed by atoms with E-state index in [1.165, 1.54) is 23.0 Å². The molecule has 2 aliphatic rings. The number of hydrogen-bond donors (Lipinski definition) is 1. The number of anilines is 1. The molecule has 2 aromatic carbocycles. The van der Waals surface area contributed by atoms with Crippen molar-refractivity contribution in [2.45, 2.75) is 38.3 Å². The molecule has 2 N–H and O–H groups in total. The average molecular weight is 688 g/mol. The number of likely N-dealkylation sites (tertiary alicyclic amines) is 1. The number of amides is 1. The van der Waals surface area contributed by atoms with E-state index < -0.39 is 27.3 Å². The van der Waals surface area contributed by atoms with Gasteiger partial charge in [0.25, 0.3) is 5.91 Å². The Kier molecular flexibility index (Phi) is 9.39. The van der Waals surface area contributed by atoms with Crippen LogP contribution >= 0.6 is 0 Å². The Morgan fingerprint density at radius 1 is 1.08 bits per heavy atom. The Bertz CT molecular complexity index is 2050. The number of benzene rings is 2. The molecule has 13 nitrogen and oxygen atoms in total. The van der Waals surface area contributed by atoms with Crippen molar-refractivity contribution in [3.8, 4) is 28.8 Å². The van der Waals surface area contributed by atoms with E-state index in [0.29, 0.717) is 68.1 Å². The number of nitrogen functional groups attached to an aromatic ring is 1. The summed E-state index contributed by atoms with van der Waals surface area (Å²) < 4.78 is 48.5. The van der Waals surface area contributed by atoms with Crippen LogP contribution in [-0.4, -0.2) is 99.2 Å². The van der Waals surface area contributed by atoms with Crippen molar-refractivity contribution in [3.05, 3.63) is 72.3 Å². The molecule has 0 unspecified atom stereocenters. The highest BCUT2D eigenvalue weighted by molar-refractivity contribution is 7.88.